The molecule has 0 saturated heterocycles. The summed E-state index contributed by atoms with van der Waals surface area (Å²) in [5.41, 5.74) is 0. The number of hydrogen-bond donors (Lipinski definition) is 1. The number of aromatic nitrogens is 2. The maximum Gasteiger partial charge on any atom is 0.257 e. The second-order valence-corrected chi connectivity index (χ2v) is 14.5. The lowest BCUT2D eigenvalue weighted by molar-refractivity contribution is -0.723. The largest absolute Gasteiger partial charge is 0.257 e. The number of hydrogen-bond acceptors (Lipinski definition) is 0. The molecular weight excluding hydrogens is 520 g/mol. The molecule has 0 aromatic carbocycles. The molecule has 0 bridgehead atoms. The Kier molecular flexibility index (Phi) is 29.2. The number of unbranched alkanes of at least 4 members (excludes halogenated alkanes) is 28. The molecule has 0 aliphatic rings. The van der Waals surface area contributed by atoms with Crippen LogP contribution in [-0.2, 0) is 0 Å². The summed E-state index contributed by atoms with van der Waals surface area (Å²) in [6.45, 7) is 9.28. The summed E-state index contributed by atoms with van der Waals surface area (Å²) in [6, 6.07) is 0.547. The van der Waals surface area contributed by atoms with E-state index in [1.54, 1.807) is 0 Å². The van der Waals surface area contributed by atoms with Crippen LogP contribution in [-0.4, -0.2) is 4.98 Å². The van der Waals surface area contributed by atoms with Crippen molar-refractivity contribution in [3.8, 4) is 0 Å². The molecule has 43 heavy (non-hydrogen) atoms. The third-order valence-electron chi connectivity index (χ3n) is 10.00. The van der Waals surface area contributed by atoms with Crippen molar-refractivity contribution in [3.63, 3.8) is 0 Å². The Balaban J connectivity index is 2.08. The van der Waals surface area contributed by atoms with Crippen molar-refractivity contribution in [1.29, 1.82) is 0 Å². The van der Waals surface area contributed by atoms with Crippen molar-refractivity contribution in [2.45, 2.75) is 245 Å². The first-order valence-electron chi connectivity index (χ1n) is 20.3. The smallest absolute Gasteiger partial charge is 0.247 e. The van der Waals surface area contributed by atoms with Crippen LogP contribution < -0.4 is 4.57 Å². The molecule has 0 amide bonds. The van der Waals surface area contributed by atoms with Crippen LogP contribution in [0.4, 0.5) is 0 Å². The highest BCUT2D eigenvalue weighted by Gasteiger charge is 2.23. The molecule has 1 heterocycles. The third kappa shape index (κ3) is 24.2. The van der Waals surface area contributed by atoms with E-state index in [0.29, 0.717) is 12.0 Å². The quantitative estimate of drug-likeness (QED) is 0.0599. The standard InChI is InChI=1S/C41H80N2/c1-5-7-9-11-13-15-17-19-20-21-22-24-26-28-30-32-34-36-40(41-42-37-38-43(41)39(3)4)35-33-31-29-27-25-23-18-16-14-12-10-8-6-2/h37-40H,5-36H2,1-4H3/p+1/t40-/m0/s1. The number of nitrogens with zero attached hydrogens (tertiary/aromatic N) is 1. The summed E-state index contributed by atoms with van der Waals surface area (Å²) in [5.74, 6) is 2.20. The first kappa shape index (κ1) is 40.2. The van der Waals surface area contributed by atoms with Gasteiger partial charge in [0.25, 0.3) is 5.82 Å². The Hall–Kier alpha value is -0.790. The van der Waals surface area contributed by atoms with Gasteiger partial charge in [0.05, 0.1) is 12.0 Å². The summed E-state index contributed by atoms with van der Waals surface area (Å²) >= 11 is 0. The molecule has 0 saturated carbocycles. The molecule has 2 heteroatoms. The summed E-state index contributed by atoms with van der Waals surface area (Å²) in [7, 11) is 0. The van der Waals surface area contributed by atoms with E-state index >= 15 is 0 Å². The fourth-order valence-corrected chi connectivity index (χ4v) is 7.08. The molecule has 1 rings (SSSR count). The number of aromatic amines is 1. The normalized spacial score (nSPS) is 12.5. The van der Waals surface area contributed by atoms with Crippen LogP contribution in [0.15, 0.2) is 12.4 Å². The highest BCUT2D eigenvalue weighted by atomic mass is 15.1. The average molecular weight is 602 g/mol. The summed E-state index contributed by atoms with van der Waals surface area (Å²) in [5, 5.41) is 0. The highest BCUT2D eigenvalue weighted by molar-refractivity contribution is 4.90. The lowest BCUT2D eigenvalue weighted by atomic mass is 9.93. The van der Waals surface area contributed by atoms with Gasteiger partial charge >= 0.3 is 0 Å². The zero-order chi connectivity index (χ0) is 31.1. The maximum atomic E-state index is 3.65. The van der Waals surface area contributed by atoms with Crippen molar-refractivity contribution in [2.24, 2.45) is 0 Å². The molecule has 1 aromatic rings. The van der Waals surface area contributed by atoms with Gasteiger partial charge < -0.3 is 0 Å². The first-order chi connectivity index (χ1) is 21.2. The number of H-pyrrole nitrogens is 1. The van der Waals surface area contributed by atoms with Crippen molar-refractivity contribution in [2.75, 3.05) is 0 Å². The van der Waals surface area contributed by atoms with E-state index in [1.165, 1.54) is 211 Å². The molecule has 1 N–H and O–H groups in total. The van der Waals surface area contributed by atoms with Crippen LogP contribution in [0.1, 0.15) is 251 Å². The lowest BCUT2D eigenvalue weighted by Crippen LogP contribution is -2.39. The molecule has 0 aliphatic carbocycles. The van der Waals surface area contributed by atoms with Crippen molar-refractivity contribution in [3.05, 3.63) is 18.2 Å². The first-order valence-corrected chi connectivity index (χ1v) is 20.3. The van der Waals surface area contributed by atoms with E-state index in [9.17, 15) is 0 Å². The average Bonchev–Trinajstić information content (AvgIpc) is 3.50. The highest BCUT2D eigenvalue weighted by Crippen LogP contribution is 2.27. The molecule has 254 valence electrons. The third-order valence-corrected chi connectivity index (χ3v) is 10.00. The summed E-state index contributed by atoms with van der Waals surface area (Å²) in [6.07, 6.45) is 50.7. The molecular formula is C41H81N2+. The Morgan fingerprint density at radius 3 is 1.00 bits per heavy atom. The second kappa shape index (κ2) is 31.2. The number of nitrogens with one attached hydrogen (secondary N) is 1. The van der Waals surface area contributed by atoms with Crippen LogP contribution in [0, 0.1) is 0 Å². The van der Waals surface area contributed by atoms with E-state index in [-0.39, 0.29) is 0 Å². The number of imidazole rings is 1. The zero-order valence-corrected chi connectivity index (χ0v) is 30.4. The molecule has 0 aliphatic heterocycles. The topological polar surface area (TPSA) is 19.7 Å². The van der Waals surface area contributed by atoms with Gasteiger partial charge in [-0.1, -0.05) is 206 Å². The minimum absolute atomic E-state index is 0.547. The lowest BCUT2D eigenvalue weighted by Gasteiger charge is -2.15. The van der Waals surface area contributed by atoms with Crippen LogP contribution in [0.2, 0.25) is 0 Å². The van der Waals surface area contributed by atoms with Gasteiger partial charge in [-0.3, -0.25) is 0 Å². The van der Waals surface area contributed by atoms with Gasteiger partial charge in [-0.2, -0.15) is 0 Å². The Labute approximate surface area is 272 Å². The molecule has 1 atom stereocenters. The molecule has 0 unspecified atom stereocenters. The van der Waals surface area contributed by atoms with Gasteiger partial charge in [0, 0.05) is 0 Å². The van der Waals surface area contributed by atoms with Gasteiger partial charge in [-0.15, -0.1) is 0 Å². The molecule has 0 radical (unpaired) electrons. The Bertz CT molecular complexity index is 662. The van der Waals surface area contributed by atoms with Gasteiger partial charge in [-0.25, -0.2) is 9.55 Å². The molecule has 1 aromatic heterocycles. The predicted molar refractivity (Wildman–Crippen MR) is 193 cm³/mol. The van der Waals surface area contributed by atoms with Crippen LogP contribution >= 0.6 is 0 Å². The minimum Gasteiger partial charge on any atom is -0.247 e. The minimum atomic E-state index is 0.547. The Morgan fingerprint density at radius 2 is 0.721 bits per heavy atom. The van der Waals surface area contributed by atoms with Crippen LogP contribution in [0.25, 0.3) is 0 Å². The van der Waals surface area contributed by atoms with E-state index in [2.05, 4.69) is 49.6 Å². The van der Waals surface area contributed by atoms with E-state index in [4.69, 9.17) is 0 Å². The van der Waals surface area contributed by atoms with Gasteiger partial charge in [0.15, 0.2) is 0 Å². The summed E-state index contributed by atoms with van der Waals surface area (Å²) in [4.78, 5) is 3.65. The Morgan fingerprint density at radius 1 is 0.442 bits per heavy atom. The van der Waals surface area contributed by atoms with E-state index < -0.39 is 0 Å². The monoisotopic (exact) mass is 602 g/mol. The second-order valence-electron chi connectivity index (χ2n) is 14.5. The fraction of sp³-hybridized carbons (Fsp3) is 0.927. The summed E-state index contributed by atoms with van der Waals surface area (Å²) < 4.78 is 2.50. The van der Waals surface area contributed by atoms with Crippen molar-refractivity contribution < 1.29 is 4.57 Å². The zero-order valence-electron chi connectivity index (χ0n) is 30.4. The molecule has 0 spiro atoms. The van der Waals surface area contributed by atoms with E-state index in [1.807, 2.05) is 0 Å². The molecule has 2 nitrogen and oxygen atoms in total. The van der Waals surface area contributed by atoms with Crippen LogP contribution in [0.3, 0.4) is 0 Å². The van der Waals surface area contributed by atoms with Crippen molar-refractivity contribution >= 4 is 0 Å². The number of rotatable bonds is 34. The van der Waals surface area contributed by atoms with E-state index in [0.717, 1.165) is 0 Å². The SMILES string of the molecule is CCCCCCCCCCCCCCCCCCC[C@H](CCCCCCCCCCCCCCC)c1[nH]cc[n+]1C(C)C. The van der Waals surface area contributed by atoms with Gasteiger partial charge in [0.2, 0.25) is 0 Å². The van der Waals surface area contributed by atoms with Gasteiger partial charge in [-0.05, 0) is 26.7 Å². The predicted octanol–water partition coefficient (Wildman–Crippen LogP) is 14.5. The molecule has 0 fully saturated rings. The van der Waals surface area contributed by atoms with Crippen molar-refractivity contribution in [1.82, 2.24) is 4.98 Å². The maximum absolute atomic E-state index is 3.65. The van der Waals surface area contributed by atoms with Crippen LogP contribution in [0.5, 0.6) is 0 Å². The fourth-order valence-electron chi connectivity index (χ4n) is 7.08. The van der Waals surface area contributed by atoms with Gasteiger partial charge in [0.1, 0.15) is 12.4 Å².